The number of nitrogens with two attached hydrogens (primary N) is 1. The topological polar surface area (TPSA) is 92.8 Å². The van der Waals surface area contributed by atoms with E-state index >= 15 is 0 Å². The molecular formula is C18H32NO4P. The summed E-state index contributed by atoms with van der Waals surface area (Å²) in [6.07, 6.45) is 6.66. The van der Waals surface area contributed by atoms with E-state index < -0.39 is 7.82 Å². The standard InChI is InChI=1S/C12H19O4P.C6H13N/c1-8(2)10-6-5-7-11(9(3)4)12(10)16-17(13,14)15;7-6-4-2-1-3-5-6/h5-9H,1-4H3,(H2,13,14,15);6H,1-5,7H2. The molecule has 0 amide bonds. The summed E-state index contributed by atoms with van der Waals surface area (Å²) in [7, 11) is -4.52. The lowest BCUT2D eigenvalue weighted by molar-refractivity contribution is 0.280. The lowest BCUT2D eigenvalue weighted by Crippen LogP contribution is -2.22. The van der Waals surface area contributed by atoms with Crippen molar-refractivity contribution in [3.05, 3.63) is 29.3 Å². The van der Waals surface area contributed by atoms with Crippen molar-refractivity contribution in [2.75, 3.05) is 0 Å². The van der Waals surface area contributed by atoms with E-state index in [0.29, 0.717) is 11.8 Å². The summed E-state index contributed by atoms with van der Waals surface area (Å²) in [4.78, 5) is 17.9. The number of rotatable bonds is 4. The molecule has 1 saturated carbocycles. The molecule has 5 nitrogen and oxygen atoms in total. The molecule has 0 atom stereocenters. The maximum Gasteiger partial charge on any atom is 0.524 e. The number of phosphoric ester groups is 1. The highest BCUT2D eigenvalue weighted by molar-refractivity contribution is 7.46. The van der Waals surface area contributed by atoms with Gasteiger partial charge in [-0.25, -0.2) is 4.57 Å². The Morgan fingerprint density at radius 2 is 1.50 bits per heavy atom. The number of phosphoric acid groups is 1. The third-order valence-electron chi connectivity index (χ3n) is 4.18. The van der Waals surface area contributed by atoms with E-state index in [2.05, 4.69) is 0 Å². The van der Waals surface area contributed by atoms with Crippen molar-refractivity contribution in [2.45, 2.75) is 77.7 Å². The molecule has 0 aromatic heterocycles. The predicted molar refractivity (Wildman–Crippen MR) is 98.4 cm³/mol. The minimum atomic E-state index is -4.52. The van der Waals surface area contributed by atoms with Gasteiger partial charge in [0.25, 0.3) is 0 Å². The molecule has 6 heteroatoms. The maximum atomic E-state index is 11.0. The fourth-order valence-corrected chi connectivity index (χ4v) is 3.29. The maximum absolute atomic E-state index is 11.0. The van der Waals surface area contributed by atoms with Gasteiger partial charge in [0, 0.05) is 6.04 Å². The van der Waals surface area contributed by atoms with E-state index in [0.717, 1.165) is 11.1 Å². The van der Waals surface area contributed by atoms with Crippen molar-refractivity contribution in [3.8, 4) is 5.75 Å². The molecule has 0 saturated heterocycles. The summed E-state index contributed by atoms with van der Waals surface area (Å²) in [6.45, 7) is 7.86. The molecule has 0 heterocycles. The Bertz CT molecular complexity index is 522. The van der Waals surface area contributed by atoms with Crippen molar-refractivity contribution in [2.24, 2.45) is 5.73 Å². The van der Waals surface area contributed by atoms with Gasteiger partial charge in [-0.1, -0.05) is 65.2 Å². The van der Waals surface area contributed by atoms with Crippen LogP contribution in [0.1, 0.15) is 82.8 Å². The van der Waals surface area contributed by atoms with Gasteiger partial charge in [0.05, 0.1) is 0 Å². The fraction of sp³-hybridized carbons (Fsp3) is 0.667. The fourth-order valence-electron chi connectivity index (χ4n) is 2.84. The van der Waals surface area contributed by atoms with Crippen molar-refractivity contribution in [1.82, 2.24) is 0 Å². The second-order valence-corrected chi connectivity index (χ2v) is 8.22. The summed E-state index contributed by atoms with van der Waals surface area (Å²) in [6, 6.07) is 6.09. The lowest BCUT2D eigenvalue weighted by Gasteiger charge is -2.19. The SMILES string of the molecule is CC(C)c1cccc(C(C)C)c1OP(=O)(O)O.NC1CCCCC1. The van der Waals surface area contributed by atoms with Gasteiger partial charge >= 0.3 is 7.82 Å². The molecule has 1 aromatic rings. The van der Waals surface area contributed by atoms with E-state index in [1.165, 1.54) is 32.1 Å². The molecule has 0 aliphatic heterocycles. The zero-order chi connectivity index (χ0) is 18.3. The monoisotopic (exact) mass is 357 g/mol. The van der Waals surface area contributed by atoms with Crippen LogP contribution < -0.4 is 10.3 Å². The molecule has 4 N–H and O–H groups in total. The first-order chi connectivity index (χ1) is 11.1. The summed E-state index contributed by atoms with van der Waals surface area (Å²) >= 11 is 0. The zero-order valence-electron chi connectivity index (χ0n) is 15.2. The summed E-state index contributed by atoms with van der Waals surface area (Å²) in [5, 5.41) is 0. The Morgan fingerprint density at radius 1 is 1.04 bits per heavy atom. The first-order valence-electron chi connectivity index (χ1n) is 8.75. The lowest BCUT2D eigenvalue weighted by atomic mass is 9.94. The average Bonchev–Trinajstić information content (AvgIpc) is 2.46. The second-order valence-electron chi connectivity index (χ2n) is 7.05. The van der Waals surface area contributed by atoms with E-state index in [1.54, 1.807) is 0 Å². The number of para-hydroxylation sites is 1. The van der Waals surface area contributed by atoms with Crippen LogP contribution in [-0.4, -0.2) is 15.8 Å². The third-order valence-corrected chi connectivity index (χ3v) is 4.60. The Labute approximate surface area is 145 Å². The summed E-state index contributed by atoms with van der Waals surface area (Å²) < 4.78 is 15.9. The number of benzene rings is 1. The molecule has 1 fully saturated rings. The van der Waals surface area contributed by atoms with Crippen LogP contribution in [0.15, 0.2) is 18.2 Å². The van der Waals surface area contributed by atoms with Gasteiger partial charge in [0.2, 0.25) is 0 Å². The van der Waals surface area contributed by atoms with Gasteiger partial charge in [-0.3, -0.25) is 9.79 Å². The van der Waals surface area contributed by atoms with Gasteiger partial charge in [-0.05, 0) is 35.8 Å². The second kappa shape index (κ2) is 9.57. The molecule has 0 bridgehead atoms. The van der Waals surface area contributed by atoms with Crippen molar-refractivity contribution >= 4 is 7.82 Å². The average molecular weight is 357 g/mol. The molecule has 1 aliphatic carbocycles. The highest BCUT2D eigenvalue weighted by Gasteiger charge is 2.23. The first kappa shape index (κ1) is 21.2. The number of hydrogen-bond donors (Lipinski definition) is 3. The molecule has 0 unspecified atom stereocenters. The normalized spacial score (nSPS) is 16.0. The van der Waals surface area contributed by atoms with Crippen LogP contribution >= 0.6 is 7.82 Å². The highest BCUT2D eigenvalue weighted by Crippen LogP contribution is 2.44. The van der Waals surface area contributed by atoms with Crippen LogP contribution in [0.4, 0.5) is 0 Å². The molecule has 1 aromatic carbocycles. The Hall–Kier alpha value is -0.870. The third kappa shape index (κ3) is 7.35. The Kier molecular flexibility index (Phi) is 8.44. The Morgan fingerprint density at radius 3 is 1.79 bits per heavy atom. The van der Waals surface area contributed by atoms with Gasteiger partial charge in [-0.15, -0.1) is 0 Å². The molecule has 0 spiro atoms. The van der Waals surface area contributed by atoms with E-state index in [9.17, 15) is 4.57 Å². The van der Waals surface area contributed by atoms with Crippen molar-refractivity contribution < 1.29 is 18.9 Å². The van der Waals surface area contributed by atoms with Gasteiger partial charge in [0.1, 0.15) is 5.75 Å². The Balaban J connectivity index is 0.000000341. The molecule has 138 valence electrons. The van der Waals surface area contributed by atoms with Crippen LogP contribution in [0, 0.1) is 0 Å². The van der Waals surface area contributed by atoms with Crippen LogP contribution in [0.3, 0.4) is 0 Å². The minimum absolute atomic E-state index is 0.148. The number of hydrogen-bond acceptors (Lipinski definition) is 3. The van der Waals surface area contributed by atoms with E-state index in [1.807, 2.05) is 45.9 Å². The molecule has 0 radical (unpaired) electrons. The summed E-state index contributed by atoms with van der Waals surface area (Å²) in [5.41, 5.74) is 7.27. The first-order valence-corrected chi connectivity index (χ1v) is 10.3. The molecular weight excluding hydrogens is 325 g/mol. The quantitative estimate of drug-likeness (QED) is 0.680. The van der Waals surface area contributed by atoms with Crippen LogP contribution in [0.5, 0.6) is 5.75 Å². The smallest absolute Gasteiger partial charge is 0.404 e. The van der Waals surface area contributed by atoms with E-state index in [-0.39, 0.29) is 11.8 Å². The predicted octanol–water partition coefficient (Wildman–Crippen LogP) is 4.68. The zero-order valence-corrected chi connectivity index (χ0v) is 16.1. The van der Waals surface area contributed by atoms with Crippen molar-refractivity contribution in [3.63, 3.8) is 0 Å². The van der Waals surface area contributed by atoms with Gasteiger partial charge < -0.3 is 10.3 Å². The minimum Gasteiger partial charge on any atom is -0.404 e. The molecule has 1 aliphatic rings. The van der Waals surface area contributed by atoms with Crippen LogP contribution in [0.25, 0.3) is 0 Å². The summed E-state index contributed by atoms with van der Waals surface area (Å²) in [5.74, 6) is 0.622. The van der Waals surface area contributed by atoms with Crippen molar-refractivity contribution in [1.29, 1.82) is 0 Å². The van der Waals surface area contributed by atoms with Crippen LogP contribution in [-0.2, 0) is 4.57 Å². The molecule has 24 heavy (non-hydrogen) atoms. The van der Waals surface area contributed by atoms with Gasteiger partial charge in [-0.2, -0.15) is 0 Å². The highest BCUT2D eigenvalue weighted by atomic mass is 31.2. The van der Waals surface area contributed by atoms with Crippen LogP contribution in [0.2, 0.25) is 0 Å². The molecule has 2 rings (SSSR count). The van der Waals surface area contributed by atoms with Gasteiger partial charge in [0.15, 0.2) is 0 Å². The largest absolute Gasteiger partial charge is 0.524 e. The van der Waals surface area contributed by atoms with E-state index in [4.69, 9.17) is 20.0 Å².